The first-order valence-corrected chi connectivity index (χ1v) is 11.2. The molecule has 0 aromatic rings. The Balaban J connectivity index is 0.000000186. The van der Waals surface area contributed by atoms with Gasteiger partial charge in [-0.05, 0) is 76.4 Å². The second-order valence-corrected chi connectivity index (χ2v) is 8.76. The van der Waals surface area contributed by atoms with E-state index in [0.29, 0.717) is 0 Å². The Morgan fingerprint density at radius 1 is 0.848 bits per heavy atom. The van der Waals surface area contributed by atoms with E-state index in [1.807, 2.05) is 6.08 Å². The summed E-state index contributed by atoms with van der Waals surface area (Å²) in [6.45, 7) is 3.37. The fourth-order valence-corrected chi connectivity index (χ4v) is 4.41. The van der Waals surface area contributed by atoms with Gasteiger partial charge < -0.3 is 19.3 Å². The van der Waals surface area contributed by atoms with Crippen molar-refractivity contribution in [3.05, 3.63) is 47.0 Å². The molecule has 0 fully saturated rings. The average Bonchev–Trinajstić information content (AvgIpc) is 3.32. The molecular weight excluding hydrogens is 428 g/mol. The van der Waals surface area contributed by atoms with E-state index in [-0.39, 0.29) is 23.1 Å². The predicted molar refractivity (Wildman–Crippen MR) is 118 cm³/mol. The van der Waals surface area contributed by atoms with E-state index < -0.39 is 23.1 Å². The lowest BCUT2D eigenvalue weighted by Gasteiger charge is -2.28. The monoisotopic (exact) mass is 458 g/mol. The van der Waals surface area contributed by atoms with E-state index in [1.165, 1.54) is 13.2 Å². The van der Waals surface area contributed by atoms with Crippen molar-refractivity contribution < 1.29 is 38.5 Å². The third-order valence-corrected chi connectivity index (χ3v) is 6.50. The van der Waals surface area contributed by atoms with Crippen LogP contribution in [-0.4, -0.2) is 46.9 Å². The molecule has 0 aromatic heterocycles. The number of allylic oxidation sites excluding steroid dienone is 2. The zero-order chi connectivity index (χ0) is 24.2. The highest BCUT2D eigenvalue weighted by Gasteiger charge is 2.46. The van der Waals surface area contributed by atoms with Crippen molar-refractivity contribution in [2.45, 2.75) is 76.4 Å². The van der Waals surface area contributed by atoms with Gasteiger partial charge in [-0.3, -0.25) is 9.59 Å². The Hall–Kier alpha value is -3.16. The summed E-state index contributed by atoms with van der Waals surface area (Å²) in [5.74, 6) is -2.47. The van der Waals surface area contributed by atoms with Gasteiger partial charge in [0.15, 0.2) is 11.2 Å². The Morgan fingerprint density at radius 3 is 1.67 bits per heavy atom. The van der Waals surface area contributed by atoms with E-state index in [9.17, 15) is 19.2 Å². The molecule has 2 aliphatic carbocycles. The normalized spacial score (nSPS) is 28.8. The van der Waals surface area contributed by atoms with Crippen molar-refractivity contribution in [1.29, 1.82) is 0 Å². The summed E-state index contributed by atoms with van der Waals surface area (Å²) in [6.07, 6.45) is 14.3. The molecule has 8 nitrogen and oxygen atoms in total. The number of carbonyl (C=O) groups is 4. The maximum Gasteiger partial charge on any atom is 0.373 e. The first-order chi connectivity index (χ1) is 15.6. The van der Waals surface area contributed by atoms with Gasteiger partial charge >= 0.3 is 11.9 Å². The minimum atomic E-state index is -1.19. The largest absolute Gasteiger partial charge is 0.475 e. The first-order valence-electron chi connectivity index (χ1n) is 11.2. The molecular formula is C25H30O8. The van der Waals surface area contributed by atoms with Gasteiger partial charge in [0, 0.05) is 12.2 Å². The Morgan fingerprint density at radius 2 is 1.30 bits per heavy atom. The highest BCUT2D eigenvalue weighted by Crippen LogP contribution is 2.38. The molecule has 178 valence electrons. The number of carboxylic acid groups (broad SMARTS) is 1. The van der Waals surface area contributed by atoms with E-state index in [1.54, 1.807) is 13.8 Å². The molecule has 2 atom stereocenters. The van der Waals surface area contributed by atoms with Crippen LogP contribution in [0.25, 0.3) is 0 Å². The molecule has 0 saturated carbocycles. The quantitative estimate of drug-likeness (QED) is 0.501. The molecule has 0 radical (unpaired) electrons. The number of methoxy groups -OCH3 is 1. The van der Waals surface area contributed by atoms with E-state index in [2.05, 4.69) is 10.8 Å². The van der Waals surface area contributed by atoms with Crippen LogP contribution in [0.2, 0.25) is 0 Å². The molecule has 0 aromatic carbocycles. The maximum atomic E-state index is 12.0. The van der Waals surface area contributed by atoms with Crippen molar-refractivity contribution >= 4 is 23.5 Å². The minimum absolute atomic E-state index is 0.00599. The number of rotatable bonds is 4. The van der Waals surface area contributed by atoms with Crippen LogP contribution in [0.3, 0.4) is 0 Å². The second-order valence-electron chi connectivity index (χ2n) is 8.76. The van der Waals surface area contributed by atoms with Gasteiger partial charge in [0.25, 0.3) is 0 Å². The summed E-state index contributed by atoms with van der Waals surface area (Å²) >= 11 is 0. The molecule has 8 heteroatoms. The Kier molecular flexibility index (Phi) is 7.25. The molecule has 0 bridgehead atoms. The number of carbonyl (C=O) groups excluding carboxylic acids is 3. The van der Waals surface area contributed by atoms with E-state index in [0.717, 1.165) is 68.6 Å². The van der Waals surface area contributed by atoms with Crippen LogP contribution < -0.4 is 0 Å². The zero-order valence-electron chi connectivity index (χ0n) is 19.3. The lowest BCUT2D eigenvalue weighted by molar-refractivity contribution is -0.142. The molecule has 0 saturated heterocycles. The molecule has 4 aliphatic rings. The summed E-state index contributed by atoms with van der Waals surface area (Å²) in [4.78, 5) is 45.9. The van der Waals surface area contributed by atoms with Crippen LogP contribution in [0.4, 0.5) is 0 Å². The Labute approximate surface area is 193 Å². The second kappa shape index (κ2) is 9.77. The van der Waals surface area contributed by atoms with Crippen molar-refractivity contribution in [3.8, 4) is 0 Å². The van der Waals surface area contributed by atoms with Crippen LogP contribution in [0.1, 0.15) is 65.2 Å². The molecule has 2 unspecified atom stereocenters. The third-order valence-electron chi connectivity index (χ3n) is 6.50. The smallest absolute Gasteiger partial charge is 0.373 e. The highest BCUT2D eigenvalue weighted by molar-refractivity contribution is 6.08. The first kappa shape index (κ1) is 24.5. The average molecular weight is 459 g/mol. The fraction of sp³-hybridized carbons (Fsp3) is 0.520. The fourth-order valence-electron chi connectivity index (χ4n) is 4.41. The number of hydrogen-bond donors (Lipinski definition) is 1. The lowest BCUT2D eigenvalue weighted by atomic mass is 9.84. The number of esters is 1. The van der Waals surface area contributed by atoms with Gasteiger partial charge in [0.2, 0.25) is 23.1 Å². The maximum absolute atomic E-state index is 12.0. The van der Waals surface area contributed by atoms with Gasteiger partial charge in [-0.1, -0.05) is 12.2 Å². The molecule has 0 spiro atoms. The van der Waals surface area contributed by atoms with Crippen LogP contribution in [0, 0.1) is 0 Å². The number of carboxylic acids is 1. The summed E-state index contributed by atoms with van der Waals surface area (Å²) in [7, 11) is 1.27. The van der Waals surface area contributed by atoms with Crippen LogP contribution in [-0.2, 0) is 33.4 Å². The summed E-state index contributed by atoms with van der Waals surface area (Å²) in [6, 6.07) is 0. The van der Waals surface area contributed by atoms with Crippen molar-refractivity contribution in [1.82, 2.24) is 0 Å². The van der Waals surface area contributed by atoms with Gasteiger partial charge in [0.05, 0.1) is 7.11 Å². The predicted octanol–water partition coefficient (Wildman–Crippen LogP) is 3.72. The van der Waals surface area contributed by atoms with Crippen LogP contribution >= 0.6 is 0 Å². The van der Waals surface area contributed by atoms with E-state index >= 15 is 0 Å². The van der Waals surface area contributed by atoms with Gasteiger partial charge in [-0.25, -0.2) is 9.59 Å². The number of hydrogen-bond acceptors (Lipinski definition) is 7. The van der Waals surface area contributed by atoms with E-state index in [4.69, 9.17) is 14.6 Å². The molecule has 4 rings (SSSR count). The lowest BCUT2D eigenvalue weighted by Crippen LogP contribution is -2.36. The number of ether oxygens (including phenoxy) is 3. The summed E-state index contributed by atoms with van der Waals surface area (Å²) in [5, 5.41) is 8.80. The molecule has 0 amide bonds. The molecule has 1 N–H and O–H groups in total. The van der Waals surface area contributed by atoms with Crippen molar-refractivity contribution in [2.75, 3.05) is 7.11 Å². The summed E-state index contributed by atoms with van der Waals surface area (Å²) in [5.41, 5.74) is -0.182. The SMILES string of the molecule is CC1(C2=CCCCC2)OC(C(=O)O)=CC1=O.COC(=O)C1=CC(=O)C(C)(C2=CCCCC2)O1. The number of aliphatic carboxylic acids is 1. The molecule has 2 aliphatic heterocycles. The highest BCUT2D eigenvalue weighted by atomic mass is 16.6. The minimum Gasteiger partial charge on any atom is -0.475 e. The third kappa shape index (κ3) is 4.94. The van der Waals surface area contributed by atoms with Gasteiger partial charge in [-0.2, -0.15) is 0 Å². The zero-order valence-corrected chi connectivity index (χ0v) is 19.3. The topological polar surface area (TPSA) is 116 Å². The Bertz CT molecular complexity index is 982. The molecule has 2 heterocycles. The van der Waals surface area contributed by atoms with Crippen LogP contribution in [0.5, 0.6) is 0 Å². The van der Waals surface area contributed by atoms with Crippen molar-refractivity contribution in [2.24, 2.45) is 0 Å². The van der Waals surface area contributed by atoms with Gasteiger partial charge in [0.1, 0.15) is 0 Å². The van der Waals surface area contributed by atoms with Crippen molar-refractivity contribution in [3.63, 3.8) is 0 Å². The molecule has 33 heavy (non-hydrogen) atoms. The standard InChI is InChI=1S/C13H16O4.C12H14O4/c1-13(9-6-4-3-5-7-9)11(14)8-10(17-13)12(15)16-2;1-12(8-5-3-2-4-6-8)10(13)7-9(16-12)11(14)15/h6,8H,3-5,7H2,1-2H3;5,7H,2-4,6H2,1H3,(H,14,15). The summed E-state index contributed by atoms with van der Waals surface area (Å²) < 4.78 is 15.4. The number of ketones is 2. The van der Waals surface area contributed by atoms with Gasteiger partial charge in [-0.15, -0.1) is 0 Å². The van der Waals surface area contributed by atoms with Crippen LogP contribution in [0.15, 0.2) is 47.0 Å².